The Morgan fingerprint density at radius 1 is 1.10 bits per heavy atom. The molecule has 3 rings (SSSR count). The predicted molar refractivity (Wildman–Crippen MR) is 120 cm³/mol. The molecule has 0 spiro atoms. The van der Waals surface area contributed by atoms with Crippen LogP contribution in [-0.2, 0) is 13.0 Å². The Kier molecular flexibility index (Phi) is 7.45. The Bertz CT molecular complexity index is 944. The van der Waals surface area contributed by atoms with Gasteiger partial charge < -0.3 is 9.88 Å². The quantitative estimate of drug-likeness (QED) is 0.462. The van der Waals surface area contributed by atoms with Crippen molar-refractivity contribution in [3.8, 4) is 0 Å². The van der Waals surface area contributed by atoms with Gasteiger partial charge >= 0.3 is 0 Å². The molecule has 1 amide bonds. The number of hydrogen-bond donors (Lipinski definition) is 1. The van der Waals surface area contributed by atoms with Gasteiger partial charge in [-0.1, -0.05) is 56.5 Å². The molecule has 4 nitrogen and oxygen atoms in total. The van der Waals surface area contributed by atoms with Gasteiger partial charge in [0.15, 0.2) is 0 Å². The standard InChI is InChI=1S/C25H33N3O/c1-4-19(2)18-28-23-14-8-7-13-22(23)27-24(28)15-6-5-9-16-26-25(29)21-12-10-11-20(3)17-21/h7-8,10-14,17,19H,4-6,9,15-16,18H2,1-3H3,(H,26,29). The number of unbranched alkanes of at least 4 members (excludes halogenated alkanes) is 2. The van der Waals surface area contributed by atoms with Gasteiger partial charge in [-0.3, -0.25) is 4.79 Å². The van der Waals surface area contributed by atoms with E-state index in [1.54, 1.807) is 0 Å². The maximum atomic E-state index is 12.2. The van der Waals surface area contributed by atoms with Crippen LogP contribution in [0.3, 0.4) is 0 Å². The number of carbonyl (C=O) groups is 1. The molecule has 154 valence electrons. The summed E-state index contributed by atoms with van der Waals surface area (Å²) in [5.41, 5.74) is 4.19. The summed E-state index contributed by atoms with van der Waals surface area (Å²) in [6.45, 7) is 8.30. The van der Waals surface area contributed by atoms with Crippen LogP contribution in [-0.4, -0.2) is 22.0 Å². The number of rotatable bonds is 10. The number of hydrogen-bond acceptors (Lipinski definition) is 2. The molecule has 29 heavy (non-hydrogen) atoms. The highest BCUT2D eigenvalue weighted by molar-refractivity contribution is 5.94. The summed E-state index contributed by atoms with van der Waals surface area (Å²) < 4.78 is 2.41. The number of para-hydroxylation sites is 2. The molecule has 1 aromatic heterocycles. The average molecular weight is 392 g/mol. The molecule has 0 aliphatic carbocycles. The second kappa shape index (κ2) is 10.2. The lowest BCUT2D eigenvalue weighted by molar-refractivity contribution is 0.0953. The number of benzene rings is 2. The van der Waals surface area contributed by atoms with Gasteiger partial charge in [-0.25, -0.2) is 4.98 Å². The van der Waals surface area contributed by atoms with Gasteiger partial charge in [0.05, 0.1) is 11.0 Å². The summed E-state index contributed by atoms with van der Waals surface area (Å²) in [6.07, 6.45) is 5.32. The van der Waals surface area contributed by atoms with Gasteiger partial charge in [0.2, 0.25) is 0 Å². The van der Waals surface area contributed by atoms with Crippen molar-refractivity contribution in [3.63, 3.8) is 0 Å². The minimum absolute atomic E-state index is 0.0176. The van der Waals surface area contributed by atoms with Crippen LogP contribution >= 0.6 is 0 Å². The first-order chi connectivity index (χ1) is 14.1. The first-order valence-electron chi connectivity index (χ1n) is 10.9. The molecule has 2 aromatic carbocycles. The fraction of sp³-hybridized carbons (Fsp3) is 0.440. The van der Waals surface area contributed by atoms with Crippen LogP contribution < -0.4 is 5.32 Å². The second-order valence-electron chi connectivity index (χ2n) is 8.08. The summed E-state index contributed by atoms with van der Waals surface area (Å²) in [6, 6.07) is 16.2. The highest BCUT2D eigenvalue weighted by atomic mass is 16.1. The van der Waals surface area contributed by atoms with E-state index in [1.807, 2.05) is 31.2 Å². The van der Waals surface area contributed by atoms with Crippen LogP contribution in [0.5, 0.6) is 0 Å². The van der Waals surface area contributed by atoms with Gasteiger partial charge in [-0.05, 0) is 49.9 Å². The van der Waals surface area contributed by atoms with Crippen molar-refractivity contribution in [2.75, 3.05) is 6.54 Å². The SMILES string of the molecule is CCC(C)Cn1c(CCCCCNC(=O)c2cccc(C)c2)nc2ccccc21. The number of aryl methyl sites for hydroxylation is 2. The molecule has 1 atom stereocenters. The molecule has 0 radical (unpaired) electrons. The molecular formula is C25H33N3O. The molecule has 0 bridgehead atoms. The molecule has 3 aromatic rings. The molecule has 0 aliphatic heterocycles. The topological polar surface area (TPSA) is 46.9 Å². The summed E-state index contributed by atoms with van der Waals surface area (Å²) in [4.78, 5) is 17.1. The van der Waals surface area contributed by atoms with E-state index in [2.05, 4.69) is 48.0 Å². The summed E-state index contributed by atoms with van der Waals surface area (Å²) in [5, 5.41) is 3.03. The number of imidazole rings is 1. The molecular weight excluding hydrogens is 358 g/mol. The fourth-order valence-corrected chi connectivity index (χ4v) is 3.64. The van der Waals surface area contributed by atoms with Crippen LogP contribution in [0.15, 0.2) is 48.5 Å². The normalized spacial score (nSPS) is 12.2. The number of carbonyl (C=O) groups excluding carboxylic acids is 1. The lowest BCUT2D eigenvalue weighted by atomic mass is 10.1. The third-order valence-electron chi connectivity index (χ3n) is 5.57. The Hall–Kier alpha value is -2.62. The van der Waals surface area contributed by atoms with Crippen LogP contribution in [0, 0.1) is 12.8 Å². The Balaban J connectivity index is 1.48. The van der Waals surface area contributed by atoms with E-state index in [0.717, 1.165) is 55.4 Å². The Labute approximate surface area is 174 Å². The number of nitrogens with one attached hydrogen (secondary N) is 1. The van der Waals surface area contributed by atoms with Crippen molar-refractivity contribution < 1.29 is 4.79 Å². The van der Waals surface area contributed by atoms with Gasteiger partial charge in [-0.2, -0.15) is 0 Å². The fourth-order valence-electron chi connectivity index (χ4n) is 3.64. The zero-order chi connectivity index (χ0) is 20.6. The van der Waals surface area contributed by atoms with E-state index in [0.29, 0.717) is 5.92 Å². The van der Waals surface area contributed by atoms with E-state index >= 15 is 0 Å². The van der Waals surface area contributed by atoms with Crippen LogP contribution in [0.4, 0.5) is 0 Å². The number of amides is 1. The van der Waals surface area contributed by atoms with Crippen LogP contribution in [0.25, 0.3) is 11.0 Å². The van der Waals surface area contributed by atoms with Gasteiger partial charge in [0.1, 0.15) is 5.82 Å². The zero-order valence-electron chi connectivity index (χ0n) is 17.9. The number of fused-ring (bicyclic) bond motifs is 1. The molecule has 0 fully saturated rings. The summed E-state index contributed by atoms with van der Waals surface area (Å²) in [5.74, 6) is 1.85. The highest BCUT2D eigenvalue weighted by Crippen LogP contribution is 2.20. The van der Waals surface area contributed by atoms with Crippen molar-refractivity contribution in [2.24, 2.45) is 5.92 Å². The first kappa shape index (κ1) is 21.1. The third-order valence-corrected chi connectivity index (χ3v) is 5.57. The van der Waals surface area contributed by atoms with E-state index in [4.69, 9.17) is 4.98 Å². The summed E-state index contributed by atoms with van der Waals surface area (Å²) in [7, 11) is 0. The monoisotopic (exact) mass is 391 g/mol. The summed E-state index contributed by atoms with van der Waals surface area (Å²) >= 11 is 0. The van der Waals surface area contributed by atoms with Gasteiger partial charge in [0, 0.05) is 25.1 Å². The minimum Gasteiger partial charge on any atom is -0.352 e. The van der Waals surface area contributed by atoms with E-state index in [1.165, 1.54) is 17.8 Å². The molecule has 1 heterocycles. The van der Waals surface area contributed by atoms with Gasteiger partial charge in [-0.15, -0.1) is 0 Å². The van der Waals surface area contributed by atoms with E-state index in [9.17, 15) is 4.79 Å². The lowest BCUT2D eigenvalue weighted by Gasteiger charge is -2.14. The average Bonchev–Trinajstić information content (AvgIpc) is 3.07. The minimum atomic E-state index is 0.0176. The second-order valence-corrected chi connectivity index (χ2v) is 8.08. The highest BCUT2D eigenvalue weighted by Gasteiger charge is 2.12. The molecule has 1 unspecified atom stereocenters. The number of aromatic nitrogens is 2. The van der Waals surface area contributed by atoms with Crippen molar-refractivity contribution in [1.29, 1.82) is 0 Å². The lowest BCUT2D eigenvalue weighted by Crippen LogP contribution is -2.24. The molecule has 0 aliphatic rings. The smallest absolute Gasteiger partial charge is 0.251 e. The molecule has 0 saturated heterocycles. The van der Waals surface area contributed by atoms with Crippen molar-refractivity contribution >= 4 is 16.9 Å². The maximum Gasteiger partial charge on any atom is 0.251 e. The largest absolute Gasteiger partial charge is 0.352 e. The predicted octanol–water partition coefficient (Wildman–Crippen LogP) is 5.53. The van der Waals surface area contributed by atoms with Crippen LogP contribution in [0.1, 0.15) is 61.3 Å². The van der Waals surface area contributed by atoms with Crippen molar-refractivity contribution in [3.05, 3.63) is 65.5 Å². The number of nitrogens with zero attached hydrogens (tertiary/aromatic N) is 2. The molecule has 0 saturated carbocycles. The molecule has 4 heteroatoms. The van der Waals surface area contributed by atoms with Crippen molar-refractivity contribution in [1.82, 2.24) is 14.9 Å². The van der Waals surface area contributed by atoms with Crippen molar-refractivity contribution in [2.45, 2.75) is 59.4 Å². The zero-order valence-corrected chi connectivity index (χ0v) is 17.9. The Morgan fingerprint density at radius 2 is 1.93 bits per heavy atom. The first-order valence-corrected chi connectivity index (χ1v) is 10.9. The van der Waals surface area contributed by atoms with Crippen LogP contribution in [0.2, 0.25) is 0 Å². The van der Waals surface area contributed by atoms with E-state index in [-0.39, 0.29) is 5.91 Å². The maximum absolute atomic E-state index is 12.2. The van der Waals surface area contributed by atoms with Gasteiger partial charge in [0.25, 0.3) is 5.91 Å². The third kappa shape index (κ3) is 5.69. The molecule has 1 N–H and O–H groups in total. The van der Waals surface area contributed by atoms with E-state index < -0.39 is 0 Å². The Morgan fingerprint density at radius 3 is 2.72 bits per heavy atom.